The van der Waals surface area contributed by atoms with Crippen LogP contribution in [0.4, 0.5) is 5.13 Å². The number of nitrogens with zero attached hydrogens (tertiary/aromatic N) is 2. The van der Waals surface area contributed by atoms with Crippen molar-refractivity contribution in [2.45, 2.75) is 51.9 Å². The number of ether oxygens (including phenoxy) is 1. The molecule has 0 bridgehead atoms. The summed E-state index contributed by atoms with van der Waals surface area (Å²) < 4.78 is 5.33. The van der Waals surface area contributed by atoms with Crippen molar-refractivity contribution in [1.82, 2.24) is 15.8 Å². The van der Waals surface area contributed by atoms with Crippen LogP contribution >= 0.6 is 11.3 Å². The third kappa shape index (κ3) is 5.65. The molecule has 0 unspecified atom stereocenters. The number of rotatable bonds is 6. The van der Waals surface area contributed by atoms with Crippen molar-refractivity contribution >= 4 is 28.3 Å². The summed E-state index contributed by atoms with van der Waals surface area (Å²) in [6.45, 7) is 5.14. The van der Waals surface area contributed by atoms with Crippen LogP contribution in [0, 0.1) is 11.8 Å². The molecule has 7 nitrogen and oxygen atoms in total. The lowest BCUT2D eigenvalue weighted by atomic mass is 9.79. The van der Waals surface area contributed by atoms with Crippen molar-refractivity contribution in [2.24, 2.45) is 11.8 Å². The molecule has 150 valence electrons. The molecule has 1 aromatic heterocycles. The van der Waals surface area contributed by atoms with E-state index < -0.39 is 0 Å². The van der Waals surface area contributed by atoms with Crippen LogP contribution in [0.2, 0.25) is 0 Å². The van der Waals surface area contributed by atoms with Crippen molar-refractivity contribution in [2.75, 3.05) is 31.2 Å². The first kappa shape index (κ1) is 20.1. The van der Waals surface area contributed by atoms with Gasteiger partial charge in [0, 0.05) is 24.4 Å². The molecule has 2 heterocycles. The minimum Gasteiger partial charge on any atom is -0.378 e. The second kappa shape index (κ2) is 10.0. The summed E-state index contributed by atoms with van der Waals surface area (Å²) in [5.74, 6) is 0.316. The zero-order valence-corrected chi connectivity index (χ0v) is 16.9. The highest BCUT2D eigenvalue weighted by molar-refractivity contribution is 7.13. The van der Waals surface area contributed by atoms with Gasteiger partial charge in [-0.1, -0.05) is 26.2 Å². The molecule has 0 spiro atoms. The quantitative estimate of drug-likeness (QED) is 0.725. The molecule has 1 saturated heterocycles. The van der Waals surface area contributed by atoms with Gasteiger partial charge in [0.2, 0.25) is 5.91 Å². The third-order valence-electron chi connectivity index (χ3n) is 5.49. The average molecular weight is 395 g/mol. The Labute approximate surface area is 164 Å². The van der Waals surface area contributed by atoms with E-state index in [4.69, 9.17) is 4.74 Å². The molecule has 8 heteroatoms. The third-order valence-corrected chi connectivity index (χ3v) is 6.39. The van der Waals surface area contributed by atoms with Gasteiger partial charge in [0.25, 0.3) is 5.91 Å². The van der Waals surface area contributed by atoms with Gasteiger partial charge in [0.15, 0.2) is 5.13 Å². The molecular formula is C19H30N4O3S. The van der Waals surface area contributed by atoms with Crippen molar-refractivity contribution in [3.05, 3.63) is 11.1 Å². The van der Waals surface area contributed by atoms with Crippen LogP contribution in [-0.4, -0.2) is 43.1 Å². The van der Waals surface area contributed by atoms with Crippen molar-refractivity contribution in [3.8, 4) is 0 Å². The van der Waals surface area contributed by atoms with Crippen LogP contribution in [0.1, 0.15) is 62.4 Å². The topological polar surface area (TPSA) is 83.6 Å². The standard InChI is InChI=1S/C19H30N4O3S/c1-2-3-4-14-5-7-15(8-6-14)17(24)21-22-18(25)16-13-27-19(20-16)23-9-11-26-12-10-23/h13-15H,2-12H2,1H3,(H,21,24)(H,22,25). The van der Waals surface area contributed by atoms with E-state index >= 15 is 0 Å². The predicted octanol–water partition coefficient (Wildman–Crippen LogP) is 2.74. The zero-order chi connectivity index (χ0) is 19.1. The SMILES string of the molecule is CCCCC1CCC(C(=O)NNC(=O)c2csc(N3CCOCC3)n2)CC1. The molecule has 1 aliphatic heterocycles. The Hall–Kier alpha value is -1.67. The van der Waals surface area contributed by atoms with E-state index in [0.717, 1.165) is 49.8 Å². The molecule has 2 fully saturated rings. The monoisotopic (exact) mass is 394 g/mol. The number of amides is 2. The maximum absolute atomic E-state index is 12.3. The Morgan fingerprint density at radius 1 is 1.22 bits per heavy atom. The molecule has 2 N–H and O–H groups in total. The molecule has 2 amide bonds. The second-order valence-corrected chi connectivity index (χ2v) is 8.25. The highest BCUT2D eigenvalue weighted by Crippen LogP contribution is 2.31. The highest BCUT2D eigenvalue weighted by atomic mass is 32.1. The average Bonchev–Trinajstić information content (AvgIpc) is 3.21. The van der Waals surface area contributed by atoms with Gasteiger partial charge in [0.05, 0.1) is 13.2 Å². The summed E-state index contributed by atoms with van der Waals surface area (Å²) in [6.07, 6.45) is 7.83. The summed E-state index contributed by atoms with van der Waals surface area (Å²) in [6, 6.07) is 0. The van der Waals surface area contributed by atoms with Gasteiger partial charge in [-0.05, 0) is 31.6 Å². The molecule has 0 aromatic carbocycles. The number of carbonyl (C=O) groups is 2. The van der Waals surface area contributed by atoms with Crippen molar-refractivity contribution in [3.63, 3.8) is 0 Å². The number of morpholine rings is 1. The van der Waals surface area contributed by atoms with Crippen molar-refractivity contribution in [1.29, 1.82) is 0 Å². The number of hydrogen-bond donors (Lipinski definition) is 2. The van der Waals surface area contributed by atoms with E-state index in [2.05, 4.69) is 27.7 Å². The summed E-state index contributed by atoms with van der Waals surface area (Å²) in [7, 11) is 0. The Balaban J connectivity index is 1.41. The number of hydrazine groups is 1. The number of unbranched alkanes of at least 4 members (excludes halogenated alkanes) is 1. The first-order valence-corrected chi connectivity index (χ1v) is 10.9. The first-order chi connectivity index (χ1) is 13.2. The minimum absolute atomic E-state index is 0.00233. The smallest absolute Gasteiger partial charge is 0.289 e. The number of carbonyl (C=O) groups excluding carboxylic acids is 2. The predicted molar refractivity (Wildman–Crippen MR) is 106 cm³/mol. The van der Waals surface area contributed by atoms with Crippen LogP contribution in [0.3, 0.4) is 0 Å². The van der Waals surface area contributed by atoms with E-state index in [0.29, 0.717) is 18.9 Å². The van der Waals surface area contributed by atoms with Crippen LogP contribution in [0.15, 0.2) is 5.38 Å². The molecule has 0 radical (unpaired) electrons. The minimum atomic E-state index is -0.365. The second-order valence-electron chi connectivity index (χ2n) is 7.42. The number of nitrogens with one attached hydrogen (secondary N) is 2. The molecule has 1 aromatic rings. The Kier molecular flexibility index (Phi) is 7.46. The lowest BCUT2D eigenvalue weighted by Crippen LogP contribution is -2.45. The fourth-order valence-electron chi connectivity index (χ4n) is 3.76. The van der Waals surface area contributed by atoms with Gasteiger partial charge in [-0.15, -0.1) is 11.3 Å². The van der Waals surface area contributed by atoms with E-state index in [1.54, 1.807) is 5.38 Å². The fourth-order valence-corrected chi connectivity index (χ4v) is 4.62. The summed E-state index contributed by atoms with van der Waals surface area (Å²) in [5.41, 5.74) is 5.45. The number of hydrogen-bond acceptors (Lipinski definition) is 6. The maximum atomic E-state index is 12.3. The highest BCUT2D eigenvalue weighted by Gasteiger charge is 2.26. The summed E-state index contributed by atoms with van der Waals surface area (Å²) in [4.78, 5) is 31.1. The van der Waals surface area contributed by atoms with Gasteiger partial charge in [-0.3, -0.25) is 20.4 Å². The van der Waals surface area contributed by atoms with Crippen LogP contribution in [-0.2, 0) is 9.53 Å². The Morgan fingerprint density at radius 2 is 1.96 bits per heavy atom. The maximum Gasteiger partial charge on any atom is 0.289 e. The number of aromatic nitrogens is 1. The van der Waals surface area contributed by atoms with Gasteiger partial charge in [-0.25, -0.2) is 4.98 Å². The zero-order valence-electron chi connectivity index (χ0n) is 16.0. The molecule has 0 atom stereocenters. The molecule has 1 aliphatic carbocycles. The Morgan fingerprint density at radius 3 is 2.67 bits per heavy atom. The number of anilines is 1. The summed E-state index contributed by atoms with van der Waals surface area (Å²) in [5, 5.41) is 2.55. The molecule has 1 saturated carbocycles. The number of thiazole rings is 1. The molecule has 2 aliphatic rings. The normalized spacial score (nSPS) is 23.1. The van der Waals surface area contributed by atoms with Gasteiger partial charge >= 0.3 is 0 Å². The summed E-state index contributed by atoms with van der Waals surface area (Å²) >= 11 is 1.44. The lowest BCUT2D eigenvalue weighted by Gasteiger charge is -2.27. The van der Waals surface area contributed by atoms with Crippen molar-refractivity contribution < 1.29 is 14.3 Å². The van der Waals surface area contributed by atoms with Crippen LogP contribution < -0.4 is 15.8 Å². The first-order valence-electron chi connectivity index (χ1n) is 10.1. The largest absolute Gasteiger partial charge is 0.378 e. The van der Waals surface area contributed by atoms with Gasteiger partial charge in [-0.2, -0.15) is 0 Å². The van der Waals surface area contributed by atoms with Gasteiger partial charge < -0.3 is 9.64 Å². The fraction of sp³-hybridized carbons (Fsp3) is 0.737. The lowest BCUT2D eigenvalue weighted by molar-refractivity contribution is -0.127. The van der Waals surface area contributed by atoms with E-state index in [9.17, 15) is 9.59 Å². The van der Waals surface area contributed by atoms with Crippen LogP contribution in [0.5, 0.6) is 0 Å². The molecule has 3 rings (SSSR count). The van der Waals surface area contributed by atoms with Crippen LogP contribution in [0.25, 0.3) is 0 Å². The van der Waals surface area contributed by atoms with E-state index in [1.807, 2.05) is 0 Å². The van der Waals surface area contributed by atoms with E-state index in [-0.39, 0.29) is 17.7 Å². The molecule has 27 heavy (non-hydrogen) atoms. The molecular weight excluding hydrogens is 364 g/mol. The van der Waals surface area contributed by atoms with E-state index in [1.165, 1.54) is 30.6 Å². The Bertz CT molecular complexity index is 622. The van der Waals surface area contributed by atoms with Gasteiger partial charge in [0.1, 0.15) is 5.69 Å².